The van der Waals surface area contributed by atoms with Crippen LogP contribution in [-0.4, -0.2) is 86.4 Å². The molecular weight excluding hydrogens is 553 g/mol. The number of ether oxygens (including phenoxy) is 2. The minimum Gasteiger partial charge on any atom is -0.491 e. The molecule has 12 heteroatoms. The van der Waals surface area contributed by atoms with Gasteiger partial charge in [0.1, 0.15) is 24.4 Å². The van der Waals surface area contributed by atoms with Gasteiger partial charge < -0.3 is 30.3 Å². The number of nitrogens with one attached hydrogen (secondary N) is 3. The minimum atomic E-state index is -4.42. The molecule has 2 aliphatic rings. The summed E-state index contributed by atoms with van der Waals surface area (Å²) in [5.74, 6) is -0.582. The van der Waals surface area contributed by atoms with Crippen LogP contribution in [0.15, 0.2) is 54.6 Å². The number of hydrogen-bond acceptors (Lipinski definition) is 6. The molecule has 0 unspecified atom stereocenters. The summed E-state index contributed by atoms with van der Waals surface area (Å²) >= 11 is 0. The van der Waals surface area contributed by atoms with E-state index in [1.807, 2.05) is 36.4 Å². The van der Waals surface area contributed by atoms with Crippen LogP contribution in [0.3, 0.4) is 0 Å². The highest BCUT2D eigenvalue weighted by atomic mass is 19.4. The van der Waals surface area contributed by atoms with E-state index in [9.17, 15) is 27.6 Å². The first-order valence-electron chi connectivity index (χ1n) is 14.2. The average Bonchev–Trinajstić information content (AvgIpc) is 3.38. The van der Waals surface area contributed by atoms with Crippen molar-refractivity contribution in [2.45, 2.75) is 56.4 Å². The summed E-state index contributed by atoms with van der Waals surface area (Å²) in [5.41, 5.74) is 1.75. The molecule has 2 heterocycles. The van der Waals surface area contributed by atoms with Gasteiger partial charge in [-0.15, -0.1) is 0 Å². The van der Waals surface area contributed by atoms with E-state index >= 15 is 0 Å². The number of fused-ring (bicyclic) bond motifs is 2. The number of rotatable bonds is 7. The van der Waals surface area contributed by atoms with Crippen LogP contribution in [0.5, 0.6) is 5.75 Å². The van der Waals surface area contributed by atoms with Gasteiger partial charge >= 0.3 is 6.18 Å². The Hall–Kier alpha value is -3.64. The molecule has 3 N–H and O–H groups in total. The number of amides is 3. The standard InChI is InChI=1S/C30H37F3N4O5/c31-30(32,33)20-34-18-23-19-41-14-15-42-24-9-4-8-22(16-24)17-26(37-13-5-10-27(37)38)29(40)36-25(28(39)35-23)12-11-21-6-2-1-3-7-21/h1-4,6-9,16,23,25-26,34H,5,10-15,17-20H2,(H,35,39)(H,36,40)/t23-,25+,26+/m1/s1. The molecule has 2 bridgehead atoms. The van der Waals surface area contributed by atoms with Crippen molar-refractivity contribution in [3.05, 3.63) is 65.7 Å². The van der Waals surface area contributed by atoms with Crippen molar-refractivity contribution < 1.29 is 37.0 Å². The van der Waals surface area contributed by atoms with E-state index in [1.54, 1.807) is 23.1 Å². The third-order valence-corrected chi connectivity index (χ3v) is 7.19. The van der Waals surface area contributed by atoms with Gasteiger partial charge in [-0.2, -0.15) is 13.2 Å². The third-order valence-electron chi connectivity index (χ3n) is 7.19. The van der Waals surface area contributed by atoms with Gasteiger partial charge in [0.15, 0.2) is 0 Å². The first kappa shape index (κ1) is 31.3. The number of halogens is 3. The highest BCUT2D eigenvalue weighted by Crippen LogP contribution is 2.21. The van der Waals surface area contributed by atoms with E-state index in [0.717, 1.165) is 11.1 Å². The number of aryl methyl sites for hydroxylation is 1. The number of likely N-dealkylation sites (tertiary alicyclic amines) is 1. The maximum Gasteiger partial charge on any atom is 0.401 e. The topological polar surface area (TPSA) is 109 Å². The van der Waals surface area contributed by atoms with Crippen LogP contribution >= 0.6 is 0 Å². The molecular formula is C30H37F3N4O5. The Kier molecular flexibility index (Phi) is 11.2. The Morgan fingerprint density at radius 2 is 1.79 bits per heavy atom. The summed E-state index contributed by atoms with van der Waals surface area (Å²) in [7, 11) is 0. The zero-order valence-corrected chi connectivity index (χ0v) is 23.3. The molecule has 3 atom stereocenters. The molecule has 0 aromatic heterocycles. The quantitative estimate of drug-likeness (QED) is 0.457. The number of alkyl halides is 3. The predicted octanol–water partition coefficient (Wildman–Crippen LogP) is 2.38. The molecule has 4 rings (SSSR count). The van der Waals surface area contributed by atoms with Crippen LogP contribution in [0.25, 0.3) is 0 Å². The fourth-order valence-electron chi connectivity index (χ4n) is 5.11. The highest BCUT2D eigenvalue weighted by Gasteiger charge is 2.35. The lowest BCUT2D eigenvalue weighted by molar-refractivity contribution is -0.139. The van der Waals surface area contributed by atoms with E-state index in [0.29, 0.717) is 31.6 Å². The lowest BCUT2D eigenvalue weighted by Gasteiger charge is -2.30. The smallest absolute Gasteiger partial charge is 0.401 e. The van der Waals surface area contributed by atoms with Crippen molar-refractivity contribution in [2.75, 3.05) is 39.5 Å². The van der Waals surface area contributed by atoms with Crippen molar-refractivity contribution >= 4 is 17.7 Å². The molecule has 0 aliphatic carbocycles. The predicted molar refractivity (Wildman–Crippen MR) is 149 cm³/mol. The summed E-state index contributed by atoms with van der Waals surface area (Å²) in [4.78, 5) is 41.6. The Morgan fingerprint density at radius 3 is 2.52 bits per heavy atom. The second-order valence-corrected chi connectivity index (χ2v) is 10.5. The molecule has 0 radical (unpaired) electrons. The van der Waals surface area contributed by atoms with Gasteiger partial charge in [0, 0.05) is 25.9 Å². The number of nitrogens with zero attached hydrogens (tertiary/aromatic N) is 1. The van der Waals surface area contributed by atoms with Crippen molar-refractivity contribution in [3.8, 4) is 5.75 Å². The molecule has 228 valence electrons. The summed E-state index contributed by atoms with van der Waals surface area (Å²) < 4.78 is 49.7. The van der Waals surface area contributed by atoms with E-state index in [2.05, 4.69) is 16.0 Å². The summed E-state index contributed by atoms with van der Waals surface area (Å²) in [5, 5.41) is 7.94. The Bertz CT molecular complexity index is 1200. The zero-order chi connectivity index (χ0) is 30.0. The van der Waals surface area contributed by atoms with Gasteiger partial charge in [0.25, 0.3) is 0 Å². The van der Waals surface area contributed by atoms with E-state index in [1.165, 1.54) is 0 Å². The molecule has 9 nitrogen and oxygen atoms in total. The molecule has 2 aromatic rings. The lowest BCUT2D eigenvalue weighted by atomic mass is 10.0. The normalized spacial score (nSPS) is 22.8. The van der Waals surface area contributed by atoms with Gasteiger partial charge in [-0.1, -0.05) is 42.5 Å². The van der Waals surface area contributed by atoms with Crippen molar-refractivity contribution in [1.82, 2.24) is 20.9 Å². The van der Waals surface area contributed by atoms with Crippen molar-refractivity contribution in [1.29, 1.82) is 0 Å². The number of carbonyl (C=O) groups excluding carboxylic acids is 3. The van der Waals surface area contributed by atoms with E-state index in [4.69, 9.17) is 9.47 Å². The Balaban J connectivity index is 1.59. The van der Waals surface area contributed by atoms with Crippen LogP contribution in [0.2, 0.25) is 0 Å². The third kappa shape index (κ3) is 9.73. The van der Waals surface area contributed by atoms with Crippen molar-refractivity contribution in [2.24, 2.45) is 0 Å². The fraction of sp³-hybridized carbons (Fsp3) is 0.500. The first-order chi connectivity index (χ1) is 20.2. The molecule has 1 saturated heterocycles. The molecule has 3 amide bonds. The second-order valence-electron chi connectivity index (χ2n) is 10.5. The van der Waals surface area contributed by atoms with Gasteiger partial charge in [-0.05, 0) is 42.5 Å². The first-order valence-corrected chi connectivity index (χ1v) is 14.2. The van der Waals surface area contributed by atoms with Crippen LogP contribution < -0.4 is 20.7 Å². The number of hydrogen-bond donors (Lipinski definition) is 3. The van der Waals surface area contributed by atoms with E-state index in [-0.39, 0.29) is 45.1 Å². The van der Waals surface area contributed by atoms with Crippen LogP contribution in [-0.2, 0) is 32.0 Å². The van der Waals surface area contributed by atoms with Gasteiger partial charge in [0.2, 0.25) is 17.7 Å². The largest absolute Gasteiger partial charge is 0.491 e. The van der Waals surface area contributed by atoms with Crippen LogP contribution in [0.1, 0.15) is 30.4 Å². The lowest BCUT2D eigenvalue weighted by Crippen LogP contribution is -2.57. The summed E-state index contributed by atoms with van der Waals surface area (Å²) in [6.45, 7) is -0.733. The molecule has 0 saturated carbocycles. The number of carbonyl (C=O) groups is 3. The Morgan fingerprint density at radius 1 is 0.976 bits per heavy atom. The van der Waals surface area contributed by atoms with Crippen LogP contribution in [0, 0.1) is 0 Å². The fourth-order valence-corrected chi connectivity index (χ4v) is 5.11. The molecule has 1 fully saturated rings. The Labute approximate surface area is 243 Å². The average molecular weight is 591 g/mol. The van der Waals surface area contributed by atoms with Crippen molar-refractivity contribution in [3.63, 3.8) is 0 Å². The maximum absolute atomic E-state index is 13.8. The van der Waals surface area contributed by atoms with Gasteiger partial charge in [-0.3, -0.25) is 14.4 Å². The van der Waals surface area contributed by atoms with Crippen LogP contribution in [0.4, 0.5) is 13.2 Å². The maximum atomic E-state index is 13.8. The van der Waals surface area contributed by atoms with E-state index < -0.39 is 42.7 Å². The molecule has 2 aromatic carbocycles. The summed E-state index contributed by atoms with van der Waals surface area (Å²) in [6.07, 6.45) is -2.50. The van der Waals surface area contributed by atoms with Gasteiger partial charge in [-0.25, -0.2) is 0 Å². The molecule has 0 spiro atoms. The zero-order valence-electron chi connectivity index (χ0n) is 23.3. The van der Waals surface area contributed by atoms with Gasteiger partial charge in [0.05, 0.1) is 25.8 Å². The second kappa shape index (κ2) is 15.0. The summed E-state index contributed by atoms with van der Waals surface area (Å²) in [6, 6.07) is 14.0. The number of benzene rings is 2. The monoisotopic (exact) mass is 590 g/mol. The minimum absolute atomic E-state index is 0.0652. The SMILES string of the molecule is O=C1N[C@H](CNCC(F)(F)F)COCCOc2cccc(c2)C[C@H](N2CCCC2=O)C(=O)N[C@H]1CCc1ccccc1. The molecule has 2 aliphatic heterocycles. The molecule has 42 heavy (non-hydrogen) atoms. The highest BCUT2D eigenvalue weighted by molar-refractivity contribution is 5.92.